The number of rotatable bonds is 5. The van der Waals surface area contributed by atoms with Gasteiger partial charge in [-0.3, -0.25) is 0 Å². The highest BCUT2D eigenvalue weighted by Crippen LogP contribution is 2.17. The van der Waals surface area contributed by atoms with Crippen LogP contribution in [0.3, 0.4) is 0 Å². The van der Waals surface area contributed by atoms with E-state index in [1.807, 2.05) is 0 Å². The fraction of sp³-hybridized carbons (Fsp3) is 0.471. The van der Waals surface area contributed by atoms with Crippen LogP contribution in [-0.2, 0) is 6.42 Å². The van der Waals surface area contributed by atoms with E-state index in [1.165, 1.54) is 5.56 Å². The second kappa shape index (κ2) is 7.37. The summed E-state index contributed by atoms with van der Waals surface area (Å²) < 4.78 is 0. The maximum Gasteiger partial charge on any atom is 0.247 e. The van der Waals surface area contributed by atoms with E-state index < -0.39 is 0 Å². The summed E-state index contributed by atoms with van der Waals surface area (Å²) in [6.07, 6.45) is 2.71. The average Bonchev–Trinajstić information content (AvgIpc) is 2.63. The number of aryl methyl sites for hydroxylation is 1. The molecule has 1 aromatic heterocycles. The van der Waals surface area contributed by atoms with Crippen molar-refractivity contribution in [1.29, 1.82) is 0 Å². The molecule has 6 nitrogen and oxygen atoms in total. The number of nitrogens with zero attached hydrogens (tertiary/aromatic N) is 5. The summed E-state index contributed by atoms with van der Waals surface area (Å²) >= 11 is 0. The highest BCUT2D eigenvalue weighted by molar-refractivity contribution is 5.56. The van der Waals surface area contributed by atoms with Crippen LogP contribution in [0.5, 0.6) is 0 Å². The van der Waals surface area contributed by atoms with Gasteiger partial charge >= 0.3 is 0 Å². The van der Waals surface area contributed by atoms with Crippen LogP contribution in [0.1, 0.15) is 19.4 Å². The van der Waals surface area contributed by atoms with Crippen molar-refractivity contribution in [2.45, 2.75) is 20.3 Å². The first kappa shape index (κ1) is 15.7. The summed E-state index contributed by atoms with van der Waals surface area (Å²) in [5.41, 5.74) is 2.34. The van der Waals surface area contributed by atoms with Crippen LogP contribution in [0.15, 0.2) is 30.5 Å². The Bertz CT molecular complexity index is 619. The van der Waals surface area contributed by atoms with Gasteiger partial charge in [0, 0.05) is 31.9 Å². The van der Waals surface area contributed by atoms with Crippen molar-refractivity contribution in [3.05, 3.63) is 36.0 Å². The van der Waals surface area contributed by atoms with Crippen molar-refractivity contribution < 1.29 is 0 Å². The van der Waals surface area contributed by atoms with Crippen LogP contribution < -0.4 is 10.2 Å². The maximum atomic E-state index is 4.61. The lowest BCUT2D eigenvalue weighted by molar-refractivity contribution is 0.269. The van der Waals surface area contributed by atoms with Gasteiger partial charge in [-0.2, -0.15) is 10.1 Å². The minimum absolute atomic E-state index is 0.705. The zero-order chi connectivity index (χ0) is 16.1. The lowest BCUT2D eigenvalue weighted by atomic mass is 10.1. The van der Waals surface area contributed by atoms with Crippen molar-refractivity contribution in [2.75, 3.05) is 42.9 Å². The van der Waals surface area contributed by atoms with Crippen molar-refractivity contribution in [2.24, 2.45) is 0 Å². The second-order valence-electron chi connectivity index (χ2n) is 5.74. The van der Waals surface area contributed by atoms with Crippen LogP contribution >= 0.6 is 0 Å². The molecule has 1 saturated heterocycles. The van der Waals surface area contributed by atoms with Gasteiger partial charge in [0.1, 0.15) is 0 Å². The largest absolute Gasteiger partial charge is 0.339 e. The Morgan fingerprint density at radius 2 is 1.78 bits per heavy atom. The van der Waals surface area contributed by atoms with Gasteiger partial charge < -0.3 is 15.1 Å². The van der Waals surface area contributed by atoms with E-state index in [9.17, 15) is 0 Å². The Morgan fingerprint density at radius 3 is 2.43 bits per heavy atom. The van der Waals surface area contributed by atoms with E-state index in [0.29, 0.717) is 5.95 Å². The molecule has 23 heavy (non-hydrogen) atoms. The van der Waals surface area contributed by atoms with E-state index in [4.69, 9.17) is 0 Å². The molecule has 0 amide bonds. The molecule has 6 heteroatoms. The molecule has 122 valence electrons. The quantitative estimate of drug-likeness (QED) is 0.914. The van der Waals surface area contributed by atoms with Gasteiger partial charge in [-0.05, 0) is 30.7 Å². The number of benzene rings is 1. The number of nitrogens with one attached hydrogen (secondary N) is 1. The molecule has 0 unspecified atom stereocenters. The van der Waals surface area contributed by atoms with E-state index >= 15 is 0 Å². The molecule has 0 saturated carbocycles. The third-order valence-electron chi connectivity index (χ3n) is 4.28. The number of anilines is 3. The molecule has 0 aliphatic carbocycles. The molecule has 1 N–H and O–H groups in total. The fourth-order valence-electron chi connectivity index (χ4n) is 2.72. The summed E-state index contributed by atoms with van der Waals surface area (Å²) in [5, 5.41) is 11.6. The van der Waals surface area contributed by atoms with E-state index in [-0.39, 0.29) is 0 Å². The molecule has 0 bridgehead atoms. The number of aromatic nitrogens is 3. The van der Waals surface area contributed by atoms with Gasteiger partial charge in [0.25, 0.3) is 0 Å². The molecular weight excluding hydrogens is 288 g/mol. The molecule has 1 fully saturated rings. The SMILES string of the molecule is CCc1ccc(Nc2cnnc(N3CCN(CC)CC3)n2)cc1. The Kier molecular flexibility index (Phi) is 5.02. The van der Waals surface area contributed by atoms with Crippen molar-refractivity contribution in [1.82, 2.24) is 20.1 Å². The number of hydrogen-bond acceptors (Lipinski definition) is 6. The highest BCUT2D eigenvalue weighted by atomic mass is 15.4. The molecular formula is C17H24N6. The molecule has 3 rings (SSSR count). The van der Waals surface area contributed by atoms with Crippen molar-refractivity contribution >= 4 is 17.5 Å². The van der Waals surface area contributed by atoms with E-state index in [1.54, 1.807) is 6.20 Å². The molecule has 1 aliphatic heterocycles. The van der Waals surface area contributed by atoms with E-state index in [2.05, 4.69) is 68.4 Å². The monoisotopic (exact) mass is 312 g/mol. The standard InChI is InChI=1S/C17H24N6/c1-3-14-5-7-15(8-6-14)19-16-13-18-21-17(20-16)23-11-9-22(4-2)10-12-23/h5-8,13H,3-4,9-12H2,1-2H3,(H,19,20,21). The molecule has 2 heterocycles. The van der Waals surface area contributed by atoms with Crippen molar-refractivity contribution in [3.8, 4) is 0 Å². The molecule has 0 radical (unpaired) electrons. The Labute approximate surface area is 137 Å². The zero-order valence-electron chi connectivity index (χ0n) is 13.9. The third-order valence-corrected chi connectivity index (χ3v) is 4.28. The molecule has 0 atom stereocenters. The Balaban J connectivity index is 1.67. The first-order valence-electron chi connectivity index (χ1n) is 8.31. The fourth-order valence-corrected chi connectivity index (χ4v) is 2.72. The summed E-state index contributed by atoms with van der Waals surface area (Å²) in [7, 11) is 0. The first-order chi connectivity index (χ1) is 11.3. The Hall–Kier alpha value is -2.21. The third kappa shape index (κ3) is 3.96. The average molecular weight is 312 g/mol. The highest BCUT2D eigenvalue weighted by Gasteiger charge is 2.18. The summed E-state index contributed by atoms with van der Waals surface area (Å²) in [5.74, 6) is 1.44. The van der Waals surface area contributed by atoms with Gasteiger partial charge in [0.2, 0.25) is 5.95 Å². The smallest absolute Gasteiger partial charge is 0.247 e. The van der Waals surface area contributed by atoms with Gasteiger partial charge in [0.05, 0.1) is 6.20 Å². The normalized spacial score (nSPS) is 15.7. The number of hydrogen-bond donors (Lipinski definition) is 1. The topological polar surface area (TPSA) is 57.2 Å². The zero-order valence-corrected chi connectivity index (χ0v) is 13.9. The van der Waals surface area contributed by atoms with Gasteiger partial charge in [0.15, 0.2) is 5.82 Å². The van der Waals surface area contributed by atoms with Gasteiger partial charge in [-0.25, -0.2) is 0 Å². The van der Waals surface area contributed by atoms with E-state index in [0.717, 1.165) is 50.6 Å². The summed E-state index contributed by atoms with van der Waals surface area (Å²) in [6, 6.07) is 8.39. The van der Waals surface area contributed by atoms with Gasteiger partial charge in [-0.15, -0.1) is 5.10 Å². The molecule has 1 aromatic carbocycles. The van der Waals surface area contributed by atoms with Crippen LogP contribution in [0, 0.1) is 0 Å². The lowest BCUT2D eigenvalue weighted by Crippen LogP contribution is -2.46. The number of likely N-dealkylation sites (N-methyl/N-ethyl adjacent to an activating group) is 1. The summed E-state index contributed by atoms with van der Waals surface area (Å²) in [4.78, 5) is 9.24. The van der Waals surface area contributed by atoms with Gasteiger partial charge in [-0.1, -0.05) is 26.0 Å². The summed E-state index contributed by atoms with van der Waals surface area (Å²) in [6.45, 7) is 9.45. The van der Waals surface area contributed by atoms with Crippen LogP contribution in [-0.4, -0.2) is 52.8 Å². The molecule has 1 aliphatic rings. The van der Waals surface area contributed by atoms with Crippen molar-refractivity contribution in [3.63, 3.8) is 0 Å². The van der Waals surface area contributed by atoms with Crippen LogP contribution in [0.25, 0.3) is 0 Å². The predicted octanol–water partition coefficient (Wildman–Crippen LogP) is 2.32. The minimum atomic E-state index is 0.705. The lowest BCUT2D eigenvalue weighted by Gasteiger charge is -2.33. The second-order valence-corrected chi connectivity index (χ2v) is 5.74. The molecule has 0 spiro atoms. The first-order valence-corrected chi connectivity index (χ1v) is 8.31. The Morgan fingerprint density at radius 1 is 1.04 bits per heavy atom. The van der Waals surface area contributed by atoms with Crippen LogP contribution in [0.4, 0.5) is 17.5 Å². The minimum Gasteiger partial charge on any atom is -0.339 e. The predicted molar refractivity (Wildman–Crippen MR) is 93.3 cm³/mol. The van der Waals surface area contributed by atoms with Crippen LogP contribution in [0.2, 0.25) is 0 Å². The number of piperazine rings is 1. The molecule has 2 aromatic rings. The maximum absolute atomic E-state index is 4.61.